The lowest BCUT2D eigenvalue weighted by atomic mass is 10.0. The van der Waals surface area contributed by atoms with E-state index in [0.717, 1.165) is 16.7 Å². The molecule has 3 aromatic carbocycles. The van der Waals surface area contributed by atoms with Crippen molar-refractivity contribution in [3.8, 4) is 0 Å². The fourth-order valence-electron chi connectivity index (χ4n) is 5.10. The molecule has 2 unspecified atom stereocenters. The van der Waals surface area contributed by atoms with Gasteiger partial charge in [-0.1, -0.05) is 72.3 Å². The minimum absolute atomic E-state index is 0.164. The van der Waals surface area contributed by atoms with E-state index in [9.17, 15) is 24.3 Å². The van der Waals surface area contributed by atoms with Crippen molar-refractivity contribution in [1.82, 2.24) is 15.1 Å². The lowest BCUT2D eigenvalue weighted by molar-refractivity contribution is -0.149. The third-order valence-electron chi connectivity index (χ3n) is 7.08. The molecule has 41 heavy (non-hydrogen) atoms. The molecule has 214 valence electrons. The largest absolute Gasteiger partial charge is 0.481 e. The van der Waals surface area contributed by atoms with Gasteiger partial charge in [0.25, 0.3) is 5.91 Å². The number of benzene rings is 3. The highest BCUT2D eigenvalue weighted by molar-refractivity contribution is 5.96. The normalized spacial score (nSPS) is 15.6. The Kier molecular flexibility index (Phi) is 9.73. The van der Waals surface area contributed by atoms with Crippen molar-refractivity contribution in [2.45, 2.75) is 51.7 Å². The number of carbonyl (C=O) groups is 4. The lowest BCUT2D eigenvalue weighted by Gasteiger charge is -2.43. The molecular formula is C32H36N4O5. The molecule has 0 spiro atoms. The highest BCUT2D eigenvalue weighted by Crippen LogP contribution is 2.23. The van der Waals surface area contributed by atoms with Crippen LogP contribution in [0.3, 0.4) is 0 Å². The summed E-state index contributed by atoms with van der Waals surface area (Å²) in [6.45, 7) is 4.35. The quantitative estimate of drug-likeness (QED) is 0.354. The van der Waals surface area contributed by atoms with Crippen molar-refractivity contribution >= 4 is 29.5 Å². The van der Waals surface area contributed by atoms with E-state index in [0.29, 0.717) is 30.6 Å². The minimum atomic E-state index is -1.24. The molecule has 0 bridgehead atoms. The van der Waals surface area contributed by atoms with Crippen molar-refractivity contribution in [2.75, 3.05) is 18.4 Å². The van der Waals surface area contributed by atoms with Crippen molar-refractivity contribution in [3.63, 3.8) is 0 Å². The van der Waals surface area contributed by atoms with E-state index < -0.39 is 30.1 Å². The smallest absolute Gasteiger partial charge is 0.323 e. The summed E-state index contributed by atoms with van der Waals surface area (Å²) in [5.41, 5.74) is 4.08. The second-order valence-corrected chi connectivity index (χ2v) is 10.4. The minimum Gasteiger partial charge on any atom is -0.481 e. The first kappa shape index (κ1) is 29.3. The fraction of sp³-hybridized carbons (Fsp3) is 0.312. The maximum atomic E-state index is 13.9. The van der Waals surface area contributed by atoms with Crippen LogP contribution in [-0.2, 0) is 20.8 Å². The molecule has 4 amide bonds. The Morgan fingerprint density at radius 1 is 0.878 bits per heavy atom. The Balaban J connectivity index is 1.61. The van der Waals surface area contributed by atoms with Crippen LogP contribution in [0.2, 0.25) is 0 Å². The summed E-state index contributed by atoms with van der Waals surface area (Å²) >= 11 is 0. The second kappa shape index (κ2) is 13.6. The molecular weight excluding hydrogens is 520 g/mol. The number of carbonyl (C=O) groups excluding carboxylic acids is 3. The molecule has 9 nitrogen and oxygen atoms in total. The van der Waals surface area contributed by atoms with E-state index in [-0.39, 0.29) is 25.3 Å². The number of rotatable bonds is 9. The molecule has 2 atom stereocenters. The van der Waals surface area contributed by atoms with Gasteiger partial charge >= 0.3 is 12.0 Å². The maximum absolute atomic E-state index is 13.9. The summed E-state index contributed by atoms with van der Waals surface area (Å²) in [6, 6.07) is 22.8. The number of aliphatic carboxylic acids is 1. The number of hydrogen-bond donors (Lipinski definition) is 3. The van der Waals surface area contributed by atoms with Gasteiger partial charge in [-0.15, -0.1) is 0 Å². The SMILES string of the molecule is Cc1cccc(NC(=O)N2CCCN(C(=O)CCc3ccccc3)C2C(=O)NC(CC(=O)O)c2cccc(C)c2)c1. The van der Waals surface area contributed by atoms with Gasteiger partial charge in [-0.05, 0) is 55.5 Å². The average molecular weight is 557 g/mol. The van der Waals surface area contributed by atoms with Gasteiger partial charge in [0.1, 0.15) is 0 Å². The van der Waals surface area contributed by atoms with E-state index in [1.807, 2.05) is 74.5 Å². The molecule has 1 aliphatic rings. The van der Waals surface area contributed by atoms with Crippen LogP contribution in [0.1, 0.15) is 47.6 Å². The second-order valence-electron chi connectivity index (χ2n) is 10.4. The monoisotopic (exact) mass is 556 g/mol. The average Bonchev–Trinajstić information content (AvgIpc) is 2.95. The van der Waals surface area contributed by atoms with Crippen molar-refractivity contribution in [2.24, 2.45) is 0 Å². The zero-order valence-corrected chi connectivity index (χ0v) is 23.4. The Labute approximate surface area is 240 Å². The predicted molar refractivity (Wildman–Crippen MR) is 156 cm³/mol. The standard InChI is InChI=1S/C32H36N4O5/c1-22-9-6-13-25(19-22)27(21-29(38)39)34-30(40)31-35(28(37)16-15-24-11-4-3-5-12-24)17-8-18-36(31)32(41)33-26-14-7-10-23(2)20-26/h3-7,9-14,19-20,27,31H,8,15-18,21H2,1-2H3,(H,33,41)(H,34,40)(H,38,39). The van der Waals surface area contributed by atoms with Gasteiger partial charge in [-0.3, -0.25) is 19.3 Å². The van der Waals surface area contributed by atoms with Gasteiger partial charge < -0.3 is 20.6 Å². The number of urea groups is 1. The van der Waals surface area contributed by atoms with Crippen LogP contribution in [0, 0.1) is 13.8 Å². The number of hydrogen-bond acceptors (Lipinski definition) is 4. The van der Waals surface area contributed by atoms with Gasteiger partial charge in [-0.2, -0.15) is 0 Å². The van der Waals surface area contributed by atoms with E-state index in [1.54, 1.807) is 18.2 Å². The Hall–Kier alpha value is -4.66. The van der Waals surface area contributed by atoms with Gasteiger partial charge in [0.15, 0.2) is 6.17 Å². The van der Waals surface area contributed by atoms with Crippen LogP contribution >= 0.6 is 0 Å². The topological polar surface area (TPSA) is 119 Å². The Morgan fingerprint density at radius 3 is 2.24 bits per heavy atom. The van der Waals surface area contributed by atoms with Crippen LogP contribution in [0.4, 0.5) is 10.5 Å². The molecule has 1 heterocycles. The van der Waals surface area contributed by atoms with Gasteiger partial charge in [0.05, 0.1) is 12.5 Å². The third kappa shape index (κ3) is 7.94. The van der Waals surface area contributed by atoms with Crippen LogP contribution in [-0.4, -0.2) is 58.0 Å². The van der Waals surface area contributed by atoms with Gasteiger partial charge in [0.2, 0.25) is 5.91 Å². The summed E-state index contributed by atoms with van der Waals surface area (Å²) in [5, 5.41) is 15.3. The molecule has 0 aromatic heterocycles. The summed E-state index contributed by atoms with van der Waals surface area (Å²) in [5.74, 6) is -1.94. The molecule has 4 rings (SSSR count). The van der Waals surface area contributed by atoms with Crippen molar-refractivity contribution in [1.29, 1.82) is 0 Å². The number of nitrogens with zero attached hydrogens (tertiary/aromatic N) is 2. The predicted octanol–water partition coefficient (Wildman–Crippen LogP) is 4.66. The first-order valence-corrected chi connectivity index (χ1v) is 13.8. The summed E-state index contributed by atoms with van der Waals surface area (Å²) < 4.78 is 0. The van der Waals surface area contributed by atoms with Crippen LogP contribution < -0.4 is 10.6 Å². The first-order valence-electron chi connectivity index (χ1n) is 13.8. The summed E-state index contributed by atoms with van der Waals surface area (Å²) in [4.78, 5) is 55.5. The van der Waals surface area contributed by atoms with E-state index in [1.165, 1.54) is 9.80 Å². The number of carboxylic acids is 1. The van der Waals surface area contributed by atoms with Crippen molar-refractivity contribution < 1.29 is 24.3 Å². The Bertz CT molecular complexity index is 1390. The molecule has 3 N–H and O–H groups in total. The summed E-state index contributed by atoms with van der Waals surface area (Å²) in [7, 11) is 0. The van der Waals surface area contributed by atoms with Crippen LogP contribution in [0.5, 0.6) is 0 Å². The molecule has 1 fully saturated rings. The van der Waals surface area contributed by atoms with E-state index in [4.69, 9.17) is 0 Å². The van der Waals surface area contributed by atoms with Gasteiger partial charge in [0, 0.05) is 25.2 Å². The fourth-order valence-corrected chi connectivity index (χ4v) is 5.10. The zero-order valence-electron chi connectivity index (χ0n) is 23.4. The molecule has 9 heteroatoms. The number of aryl methyl sites for hydroxylation is 3. The maximum Gasteiger partial charge on any atom is 0.323 e. The highest BCUT2D eigenvalue weighted by Gasteiger charge is 2.41. The first-order chi connectivity index (χ1) is 19.7. The number of nitrogens with one attached hydrogen (secondary N) is 2. The molecule has 1 saturated heterocycles. The third-order valence-corrected chi connectivity index (χ3v) is 7.08. The molecule has 0 radical (unpaired) electrons. The van der Waals surface area contributed by atoms with Crippen LogP contribution in [0.15, 0.2) is 78.9 Å². The number of anilines is 1. The lowest BCUT2D eigenvalue weighted by Crippen LogP contribution is -2.64. The number of carboxylic acid groups (broad SMARTS) is 1. The molecule has 0 saturated carbocycles. The van der Waals surface area contributed by atoms with E-state index >= 15 is 0 Å². The van der Waals surface area contributed by atoms with Crippen molar-refractivity contribution in [3.05, 3.63) is 101 Å². The van der Waals surface area contributed by atoms with E-state index in [2.05, 4.69) is 10.6 Å². The van der Waals surface area contributed by atoms with Gasteiger partial charge in [-0.25, -0.2) is 4.79 Å². The van der Waals surface area contributed by atoms with Crippen LogP contribution in [0.25, 0.3) is 0 Å². The molecule has 0 aliphatic carbocycles. The molecule has 3 aromatic rings. The molecule has 1 aliphatic heterocycles. The summed E-state index contributed by atoms with van der Waals surface area (Å²) in [6.07, 6.45) is -0.432. The highest BCUT2D eigenvalue weighted by atomic mass is 16.4. The zero-order chi connectivity index (χ0) is 29.4. The number of amides is 4. The Morgan fingerprint density at radius 2 is 1.56 bits per heavy atom.